The summed E-state index contributed by atoms with van der Waals surface area (Å²) in [4.78, 5) is 14.4. The first-order valence-electron chi connectivity index (χ1n) is 8.24. The molecule has 2 aliphatic rings. The first-order chi connectivity index (χ1) is 9.54. The Balaban J connectivity index is 1.76. The second kappa shape index (κ2) is 6.90. The summed E-state index contributed by atoms with van der Waals surface area (Å²) in [5.74, 6) is 0.662. The predicted octanol–water partition coefficient (Wildman–Crippen LogP) is 2.31. The minimum atomic E-state index is -0.832. The van der Waals surface area contributed by atoms with Crippen LogP contribution < -0.4 is 5.73 Å². The molecule has 20 heavy (non-hydrogen) atoms. The van der Waals surface area contributed by atoms with Crippen LogP contribution in [0.25, 0.3) is 0 Å². The number of ether oxygens (including phenoxy) is 1. The van der Waals surface area contributed by atoms with Crippen LogP contribution in [0.1, 0.15) is 58.8 Å². The van der Waals surface area contributed by atoms with E-state index in [0.29, 0.717) is 13.0 Å². The van der Waals surface area contributed by atoms with Crippen molar-refractivity contribution in [3.8, 4) is 0 Å². The number of hydrogen-bond donors (Lipinski definition) is 1. The van der Waals surface area contributed by atoms with Crippen molar-refractivity contribution in [3.05, 3.63) is 0 Å². The molecule has 0 spiro atoms. The standard InChI is InChI=1S/C16H30N2O2/c1-3-20-15(19)16(2,17)10-6-12-18-11-5-8-13-7-4-9-14(13)18/h13-14H,3-12,17H2,1-2H3. The van der Waals surface area contributed by atoms with Crippen molar-refractivity contribution in [3.63, 3.8) is 0 Å². The average Bonchev–Trinajstić information content (AvgIpc) is 2.88. The quantitative estimate of drug-likeness (QED) is 0.760. The summed E-state index contributed by atoms with van der Waals surface area (Å²) in [5, 5.41) is 0. The maximum atomic E-state index is 11.8. The van der Waals surface area contributed by atoms with Gasteiger partial charge in [-0.05, 0) is 71.4 Å². The summed E-state index contributed by atoms with van der Waals surface area (Å²) in [6, 6.07) is 0.801. The molecule has 2 fully saturated rings. The SMILES string of the molecule is CCOC(=O)C(C)(N)CCCN1CCCC2CCCC21. The molecule has 4 nitrogen and oxygen atoms in total. The molecule has 0 bridgehead atoms. The van der Waals surface area contributed by atoms with Crippen molar-refractivity contribution in [2.75, 3.05) is 19.7 Å². The molecule has 116 valence electrons. The van der Waals surface area contributed by atoms with Crippen LogP contribution >= 0.6 is 0 Å². The Kier molecular flexibility index (Phi) is 5.44. The zero-order valence-corrected chi connectivity index (χ0v) is 13.1. The van der Waals surface area contributed by atoms with E-state index in [1.165, 1.54) is 38.6 Å². The summed E-state index contributed by atoms with van der Waals surface area (Å²) in [5.41, 5.74) is 5.24. The lowest BCUT2D eigenvalue weighted by molar-refractivity contribution is -0.149. The molecule has 1 saturated heterocycles. The second-order valence-electron chi connectivity index (χ2n) is 6.68. The van der Waals surface area contributed by atoms with Crippen LogP contribution in [-0.2, 0) is 9.53 Å². The van der Waals surface area contributed by atoms with Gasteiger partial charge in [0.2, 0.25) is 0 Å². The van der Waals surface area contributed by atoms with E-state index >= 15 is 0 Å². The minimum Gasteiger partial charge on any atom is -0.465 e. The van der Waals surface area contributed by atoms with Crippen LogP contribution in [-0.4, -0.2) is 42.1 Å². The Hall–Kier alpha value is -0.610. The molecule has 3 unspecified atom stereocenters. The zero-order valence-electron chi connectivity index (χ0n) is 13.1. The Morgan fingerprint density at radius 2 is 2.10 bits per heavy atom. The molecule has 1 aliphatic carbocycles. The van der Waals surface area contributed by atoms with Crippen LogP contribution in [0.2, 0.25) is 0 Å². The van der Waals surface area contributed by atoms with E-state index in [9.17, 15) is 4.79 Å². The molecule has 1 saturated carbocycles. The fraction of sp³-hybridized carbons (Fsp3) is 0.938. The number of carbonyl (C=O) groups is 1. The summed E-state index contributed by atoms with van der Waals surface area (Å²) < 4.78 is 5.04. The highest BCUT2D eigenvalue weighted by molar-refractivity contribution is 5.79. The molecule has 2 N–H and O–H groups in total. The Morgan fingerprint density at radius 1 is 1.35 bits per heavy atom. The summed E-state index contributed by atoms with van der Waals surface area (Å²) >= 11 is 0. The topological polar surface area (TPSA) is 55.6 Å². The zero-order chi connectivity index (χ0) is 14.6. The van der Waals surface area contributed by atoms with Crippen molar-refractivity contribution in [2.45, 2.75) is 70.4 Å². The van der Waals surface area contributed by atoms with Gasteiger partial charge in [0.05, 0.1) is 6.61 Å². The fourth-order valence-electron chi connectivity index (χ4n) is 3.88. The third-order valence-electron chi connectivity index (χ3n) is 4.99. The lowest BCUT2D eigenvalue weighted by Crippen LogP contribution is -2.47. The van der Waals surface area contributed by atoms with Crippen molar-refractivity contribution in [1.82, 2.24) is 4.90 Å². The molecule has 1 heterocycles. The van der Waals surface area contributed by atoms with Gasteiger partial charge >= 0.3 is 5.97 Å². The normalized spacial score (nSPS) is 29.8. The van der Waals surface area contributed by atoms with E-state index in [4.69, 9.17) is 10.5 Å². The van der Waals surface area contributed by atoms with Crippen molar-refractivity contribution in [2.24, 2.45) is 11.7 Å². The maximum absolute atomic E-state index is 11.8. The number of carbonyl (C=O) groups excluding carboxylic acids is 1. The number of rotatable bonds is 6. The van der Waals surface area contributed by atoms with Gasteiger partial charge in [0, 0.05) is 6.04 Å². The van der Waals surface area contributed by atoms with E-state index in [1.807, 2.05) is 6.92 Å². The molecular weight excluding hydrogens is 252 g/mol. The highest BCUT2D eigenvalue weighted by atomic mass is 16.5. The molecule has 0 aromatic heterocycles. The van der Waals surface area contributed by atoms with Crippen molar-refractivity contribution >= 4 is 5.97 Å². The molecule has 0 aromatic rings. The van der Waals surface area contributed by atoms with Crippen molar-refractivity contribution in [1.29, 1.82) is 0 Å². The summed E-state index contributed by atoms with van der Waals surface area (Å²) in [6.07, 6.45) is 8.61. The van der Waals surface area contributed by atoms with Crippen LogP contribution in [0.4, 0.5) is 0 Å². The molecule has 1 aliphatic heterocycles. The number of piperidine rings is 1. The van der Waals surface area contributed by atoms with Crippen LogP contribution in [0.15, 0.2) is 0 Å². The van der Waals surface area contributed by atoms with Gasteiger partial charge in [-0.15, -0.1) is 0 Å². The summed E-state index contributed by atoms with van der Waals surface area (Å²) in [7, 11) is 0. The highest BCUT2D eigenvalue weighted by Crippen LogP contribution is 2.36. The van der Waals surface area contributed by atoms with Crippen LogP contribution in [0.5, 0.6) is 0 Å². The van der Waals surface area contributed by atoms with Gasteiger partial charge in [-0.1, -0.05) is 6.42 Å². The van der Waals surface area contributed by atoms with Gasteiger partial charge in [-0.2, -0.15) is 0 Å². The molecule has 0 aromatic carbocycles. The Bertz CT molecular complexity index is 330. The average molecular weight is 282 g/mol. The summed E-state index contributed by atoms with van der Waals surface area (Å²) in [6.45, 7) is 6.32. The number of nitrogens with zero attached hydrogens (tertiary/aromatic N) is 1. The van der Waals surface area contributed by atoms with E-state index < -0.39 is 5.54 Å². The molecule has 0 amide bonds. The minimum absolute atomic E-state index is 0.266. The smallest absolute Gasteiger partial charge is 0.325 e. The van der Waals surface area contributed by atoms with E-state index in [1.54, 1.807) is 6.92 Å². The van der Waals surface area contributed by atoms with Gasteiger partial charge in [-0.3, -0.25) is 4.79 Å². The molecule has 4 heteroatoms. The van der Waals surface area contributed by atoms with Crippen LogP contribution in [0, 0.1) is 5.92 Å². The van der Waals surface area contributed by atoms with Gasteiger partial charge in [0.15, 0.2) is 0 Å². The number of fused-ring (bicyclic) bond motifs is 1. The molecule has 0 radical (unpaired) electrons. The first-order valence-corrected chi connectivity index (χ1v) is 8.24. The molecule has 3 atom stereocenters. The monoisotopic (exact) mass is 282 g/mol. The lowest BCUT2D eigenvalue weighted by Gasteiger charge is -2.38. The van der Waals surface area contributed by atoms with Gasteiger partial charge in [0.25, 0.3) is 0 Å². The van der Waals surface area contributed by atoms with Crippen molar-refractivity contribution < 1.29 is 9.53 Å². The van der Waals surface area contributed by atoms with E-state index in [-0.39, 0.29) is 5.97 Å². The number of esters is 1. The third-order valence-corrected chi connectivity index (χ3v) is 4.99. The van der Waals surface area contributed by atoms with Gasteiger partial charge in [0.1, 0.15) is 5.54 Å². The largest absolute Gasteiger partial charge is 0.465 e. The van der Waals surface area contributed by atoms with Gasteiger partial charge in [-0.25, -0.2) is 0 Å². The lowest BCUT2D eigenvalue weighted by atomic mass is 9.91. The fourth-order valence-corrected chi connectivity index (χ4v) is 3.88. The maximum Gasteiger partial charge on any atom is 0.325 e. The third kappa shape index (κ3) is 3.73. The Morgan fingerprint density at radius 3 is 2.85 bits per heavy atom. The predicted molar refractivity (Wildman–Crippen MR) is 80.4 cm³/mol. The van der Waals surface area contributed by atoms with E-state index in [2.05, 4.69) is 4.90 Å². The highest BCUT2D eigenvalue weighted by Gasteiger charge is 2.35. The molecular formula is C16H30N2O2. The van der Waals surface area contributed by atoms with E-state index in [0.717, 1.165) is 24.9 Å². The first kappa shape index (κ1) is 15.8. The second-order valence-corrected chi connectivity index (χ2v) is 6.68. The molecule has 2 rings (SSSR count). The Labute approximate surface area is 123 Å². The van der Waals surface area contributed by atoms with Gasteiger partial charge < -0.3 is 15.4 Å². The number of hydrogen-bond acceptors (Lipinski definition) is 4. The number of nitrogens with two attached hydrogens (primary N) is 1. The number of likely N-dealkylation sites (tertiary alicyclic amines) is 1. The van der Waals surface area contributed by atoms with Crippen LogP contribution in [0.3, 0.4) is 0 Å².